The summed E-state index contributed by atoms with van der Waals surface area (Å²) in [7, 11) is -3.91. The van der Waals surface area contributed by atoms with Crippen LogP contribution in [0.15, 0.2) is 47.6 Å². The summed E-state index contributed by atoms with van der Waals surface area (Å²) >= 11 is 6.03. The Balaban J connectivity index is 2.00. The van der Waals surface area contributed by atoms with Crippen LogP contribution in [0.2, 0.25) is 5.02 Å². The number of amides is 2. The Bertz CT molecular complexity index is 989. The second kappa shape index (κ2) is 9.34. The van der Waals surface area contributed by atoms with Crippen LogP contribution in [0, 0.1) is 0 Å². The molecule has 2 rings (SSSR count). The molecule has 1 aromatic heterocycles. The molecule has 8 nitrogen and oxygen atoms in total. The SMILES string of the molecule is CC(C)(C)NS(=O)(=O)c1cc(C(=O)NCCC(=O)Nc2cccnc2)ccc1Cl. The van der Waals surface area contributed by atoms with E-state index in [9.17, 15) is 18.0 Å². The molecule has 0 fully saturated rings. The molecule has 0 aliphatic carbocycles. The lowest BCUT2D eigenvalue weighted by Crippen LogP contribution is -2.40. The first-order chi connectivity index (χ1) is 13.5. The third kappa shape index (κ3) is 7.12. The lowest BCUT2D eigenvalue weighted by Gasteiger charge is -2.21. The van der Waals surface area contributed by atoms with Gasteiger partial charge in [-0.2, -0.15) is 0 Å². The number of carbonyl (C=O) groups is 2. The minimum absolute atomic E-state index is 0.00847. The van der Waals surface area contributed by atoms with Gasteiger partial charge in [-0.15, -0.1) is 0 Å². The summed E-state index contributed by atoms with van der Waals surface area (Å²) in [5.41, 5.74) is -0.0266. The normalized spacial score (nSPS) is 11.7. The smallest absolute Gasteiger partial charge is 0.251 e. The summed E-state index contributed by atoms with van der Waals surface area (Å²) < 4.78 is 27.6. The highest BCUT2D eigenvalue weighted by Gasteiger charge is 2.25. The van der Waals surface area contributed by atoms with Gasteiger partial charge in [0.15, 0.2) is 0 Å². The second-order valence-electron chi connectivity index (χ2n) is 7.30. The molecular weight excluding hydrogens is 416 g/mol. The maximum Gasteiger partial charge on any atom is 0.251 e. The predicted octanol–water partition coefficient (Wildman–Crippen LogP) is 2.57. The summed E-state index contributed by atoms with van der Waals surface area (Å²) in [6, 6.07) is 7.37. The topological polar surface area (TPSA) is 117 Å². The van der Waals surface area contributed by atoms with Crippen LogP contribution in [0.5, 0.6) is 0 Å². The monoisotopic (exact) mass is 438 g/mol. The Morgan fingerprint density at radius 3 is 2.52 bits per heavy atom. The standard InChI is InChI=1S/C19H23ClN4O4S/c1-19(2,3)24-29(27,28)16-11-13(6-7-15(16)20)18(26)22-10-8-17(25)23-14-5-4-9-21-12-14/h4-7,9,11-12,24H,8,10H2,1-3H3,(H,22,26)(H,23,25). The van der Waals surface area contributed by atoms with Crippen molar-refractivity contribution in [2.45, 2.75) is 37.6 Å². The minimum atomic E-state index is -3.91. The zero-order valence-electron chi connectivity index (χ0n) is 16.3. The van der Waals surface area contributed by atoms with Crippen molar-refractivity contribution in [3.05, 3.63) is 53.3 Å². The molecule has 0 saturated heterocycles. The highest BCUT2D eigenvalue weighted by Crippen LogP contribution is 2.24. The van der Waals surface area contributed by atoms with Gasteiger partial charge < -0.3 is 10.6 Å². The van der Waals surface area contributed by atoms with E-state index in [-0.39, 0.29) is 34.4 Å². The lowest BCUT2D eigenvalue weighted by atomic mass is 10.1. The van der Waals surface area contributed by atoms with E-state index in [0.29, 0.717) is 5.69 Å². The summed E-state index contributed by atoms with van der Waals surface area (Å²) in [5.74, 6) is -0.796. The molecule has 0 atom stereocenters. The van der Waals surface area contributed by atoms with Crippen molar-refractivity contribution in [2.75, 3.05) is 11.9 Å². The second-order valence-corrected chi connectivity index (χ2v) is 9.35. The zero-order valence-corrected chi connectivity index (χ0v) is 17.9. The summed E-state index contributed by atoms with van der Waals surface area (Å²) in [4.78, 5) is 28.0. The number of nitrogens with one attached hydrogen (secondary N) is 3. The van der Waals surface area contributed by atoms with Gasteiger partial charge in [0.25, 0.3) is 5.91 Å². The van der Waals surface area contributed by atoms with E-state index in [1.165, 1.54) is 24.4 Å². The van der Waals surface area contributed by atoms with Crippen molar-refractivity contribution in [1.82, 2.24) is 15.0 Å². The molecule has 0 bridgehead atoms. The average Bonchev–Trinajstić information content (AvgIpc) is 2.60. The number of sulfonamides is 1. The molecule has 0 radical (unpaired) electrons. The lowest BCUT2D eigenvalue weighted by molar-refractivity contribution is -0.116. The van der Waals surface area contributed by atoms with Gasteiger partial charge in [-0.1, -0.05) is 11.6 Å². The molecular formula is C19H23ClN4O4S. The fraction of sp³-hybridized carbons (Fsp3) is 0.316. The molecule has 0 aliphatic rings. The summed E-state index contributed by atoms with van der Waals surface area (Å²) in [5, 5.41) is 5.25. The predicted molar refractivity (Wildman–Crippen MR) is 111 cm³/mol. The molecule has 156 valence electrons. The highest BCUT2D eigenvalue weighted by atomic mass is 35.5. The molecule has 1 aromatic carbocycles. The maximum absolute atomic E-state index is 12.5. The van der Waals surface area contributed by atoms with E-state index in [1.807, 2.05) is 0 Å². The third-order valence-electron chi connectivity index (χ3n) is 3.51. The quantitative estimate of drug-likeness (QED) is 0.614. The molecule has 29 heavy (non-hydrogen) atoms. The van der Waals surface area contributed by atoms with E-state index < -0.39 is 21.5 Å². The van der Waals surface area contributed by atoms with E-state index in [4.69, 9.17) is 11.6 Å². The van der Waals surface area contributed by atoms with Crippen LogP contribution in [-0.2, 0) is 14.8 Å². The molecule has 1 heterocycles. The summed E-state index contributed by atoms with van der Waals surface area (Å²) in [6.07, 6.45) is 3.15. The number of nitrogens with zero attached hydrogens (tertiary/aromatic N) is 1. The Hall–Kier alpha value is -2.49. The van der Waals surface area contributed by atoms with Crippen molar-refractivity contribution >= 4 is 39.1 Å². The first-order valence-electron chi connectivity index (χ1n) is 8.79. The van der Waals surface area contributed by atoms with Crippen molar-refractivity contribution in [2.24, 2.45) is 0 Å². The number of aromatic nitrogens is 1. The van der Waals surface area contributed by atoms with Gasteiger partial charge in [-0.05, 0) is 51.1 Å². The number of hydrogen-bond donors (Lipinski definition) is 3. The van der Waals surface area contributed by atoms with Gasteiger partial charge >= 0.3 is 0 Å². The molecule has 2 aromatic rings. The number of hydrogen-bond acceptors (Lipinski definition) is 5. The van der Waals surface area contributed by atoms with Gasteiger partial charge in [0.05, 0.1) is 16.9 Å². The Labute approximate surface area is 175 Å². The van der Waals surface area contributed by atoms with Crippen LogP contribution in [0.25, 0.3) is 0 Å². The fourth-order valence-corrected chi connectivity index (χ4v) is 4.31. The Morgan fingerprint density at radius 1 is 1.17 bits per heavy atom. The van der Waals surface area contributed by atoms with Gasteiger partial charge in [0, 0.05) is 30.3 Å². The summed E-state index contributed by atoms with van der Waals surface area (Å²) in [6.45, 7) is 5.18. The van der Waals surface area contributed by atoms with Gasteiger partial charge in [0.2, 0.25) is 15.9 Å². The van der Waals surface area contributed by atoms with Crippen LogP contribution in [0.3, 0.4) is 0 Å². The number of benzene rings is 1. The van der Waals surface area contributed by atoms with Crippen molar-refractivity contribution in [3.8, 4) is 0 Å². The Morgan fingerprint density at radius 2 is 1.90 bits per heavy atom. The number of rotatable bonds is 7. The van der Waals surface area contributed by atoms with E-state index in [0.717, 1.165) is 0 Å². The van der Waals surface area contributed by atoms with Gasteiger partial charge in [0.1, 0.15) is 4.90 Å². The first-order valence-corrected chi connectivity index (χ1v) is 10.7. The van der Waals surface area contributed by atoms with Gasteiger partial charge in [-0.25, -0.2) is 13.1 Å². The molecule has 10 heteroatoms. The van der Waals surface area contributed by atoms with Crippen LogP contribution in [0.1, 0.15) is 37.6 Å². The number of halogens is 1. The minimum Gasteiger partial charge on any atom is -0.352 e. The van der Waals surface area contributed by atoms with Gasteiger partial charge in [-0.3, -0.25) is 14.6 Å². The highest BCUT2D eigenvalue weighted by molar-refractivity contribution is 7.89. The van der Waals surface area contributed by atoms with Crippen molar-refractivity contribution in [1.29, 1.82) is 0 Å². The molecule has 0 saturated carbocycles. The van der Waals surface area contributed by atoms with Crippen LogP contribution in [-0.4, -0.2) is 37.3 Å². The molecule has 0 unspecified atom stereocenters. The third-order valence-corrected chi connectivity index (χ3v) is 5.75. The number of pyridine rings is 1. The van der Waals surface area contributed by atoms with E-state index in [2.05, 4.69) is 20.3 Å². The van der Waals surface area contributed by atoms with Crippen LogP contribution < -0.4 is 15.4 Å². The van der Waals surface area contributed by atoms with Crippen LogP contribution >= 0.6 is 11.6 Å². The maximum atomic E-state index is 12.5. The Kier molecular flexibility index (Phi) is 7.34. The molecule has 0 spiro atoms. The average molecular weight is 439 g/mol. The molecule has 2 amide bonds. The largest absolute Gasteiger partial charge is 0.352 e. The van der Waals surface area contributed by atoms with E-state index >= 15 is 0 Å². The van der Waals surface area contributed by atoms with Crippen LogP contribution in [0.4, 0.5) is 5.69 Å². The number of anilines is 1. The zero-order chi connectivity index (χ0) is 21.7. The molecule has 3 N–H and O–H groups in total. The number of carbonyl (C=O) groups excluding carboxylic acids is 2. The first kappa shape index (κ1) is 22.8. The van der Waals surface area contributed by atoms with E-state index in [1.54, 1.807) is 39.1 Å². The van der Waals surface area contributed by atoms with Crippen molar-refractivity contribution < 1.29 is 18.0 Å². The molecule has 0 aliphatic heterocycles. The van der Waals surface area contributed by atoms with Crippen molar-refractivity contribution in [3.63, 3.8) is 0 Å². The fourth-order valence-electron chi connectivity index (χ4n) is 2.36.